The maximum Gasteiger partial charge on any atom is 0.391 e. The highest BCUT2D eigenvalue weighted by atomic mass is 19.4. The number of carbonyl (C=O) groups excluding carboxylic acids is 1. The summed E-state index contributed by atoms with van der Waals surface area (Å²) in [6.45, 7) is 1.78. The maximum atomic E-state index is 12.5. The molecule has 6 heteroatoms. The fraction of sp³-hybridized carbons (Fsp3) is 0.909. The van der Waals surface area contributed by atoms with Crippen molar-refractivity contribution in [2.75, 3.05) is 6.61 Å². The molecule has 0 amide bonds. The van der Waals surface area contributed by atoms with Crippen LogP contribution in [0.15, 0.2) is 0 Å². The van der Waals surface area contributed by atoms with Gasteiger partial charge in [0.25, 0.3) is 0 Å². The second kappa shape index (κ2) is 5.25. The molecule has 0 spiro atoms. The lowest BCUT2D eigenvalue weighted by Gasteiger charge is -2.36. The molecule has 2 atom stereocenters. The molecular weight excluding hydrogens is 237 g/mol. The van der Waals surface area contributed by atoms with E-state index in [4.69, 9.17) is 0 Å². The van der Waals surface area contributed by atoms with Crippen LogP contribution >= 0.6 is 0 Å². The first-order chi connectivity index (χ1) is 7.77. The summed E-state index contributed by atoms with van der Waals surface area (Å²) >= 11 is 0. The van der Waals surface area contributed by atoms with E-state index in [2.05, 4.69) is 4.74 Å². The van der Waals surface area contributed by atoms with Crippen LogP contribution in [0.1, 0.15) is 39.0 Å². The summed E-state index contributed by atoms with van der Waals surface area (Å²) in [7, 11) is 0. The highest BCUT2D eigenvalue weighted by Crippen LogP contribution is 2.42. The first kappa shape index (κ1) is 14.3. The molecule has 1 N–H and O–H groups in total. The van der Waals surface area contributed by atoms with Gasteiger partial charge >= 0.3 is 12.1 Å². The lowest BCUT2D eigenvalue weighted by atomic mass is 9.76. The molecule has 2 unspecified atom stereocenters. The number of hydrogen-bond acceptors (Lipinski definition) is 3. The predicted molar refractivity (Wildman–Crippen MR) is 54.2 cm³/mol. The van der Waals surface area contributed by atoms with Crippen molar-refractivity contribution in [2.45, 2.75) is 50.8 Å². The molecule has 0 aromatic rings. The van der Waals surface area contributed by atoms with E-state index in [-0.39, 0.29) is 32.3 Å². The molecule has 3 nitrogen and oxygen atoms in total. The van der Waals surface area contributed by atoms with Crippen molar-refractivity contribution in [2.24, 2.45) is 5.92 Å². The molecule has 0 aromatic carbocycles. The van der Waals surface area contributed by atoms with Crippen molar-refractivity contribution in [1.29, 1.82) is 0 Å². The minimum absolute atomic E-state index is 0.0225. The number of alkyl halides is 3. The Morgan fingerprint density at radius 1 is 1.53 bits per heavy atom. The van der Waals surface area contributed by atoms with Crippen LogP contribution in [0.3, 0.4) is 0 Å². The molecule has 1 aliphatic carbocycles. The van der Waals surface area contributed by atoms with Crippen LogP contribution in [0.4, 0.5) is 13.2 Å². The van der Waals surface area contributed by atoms with Gasteiger partial charge < -0.3 is 9.84 Å². The van der Waals surface area contributed by atoms with Gasteiger partial charge in [0.2, 0.25) is 0 Å². The molecule has 0 heterocycles. The van der Waals surface area contributed by atoms with Gasteiger partial charge in [-0.25, -0.2) is 0 Å². The summed E-state index contributed by atoms with van der Waals surface area (Å²) < 4.78 is 42.3. The van der Waals surface area contributed by atoms with Gasteiger partial charge in [0.1, 0.15) is 0 Å². The molecule has 0 aliphatic heterocycles. The van der Waals surface area contributed by atoms with E-state index in [9.17, 15) is 23.1 Å². The minimum Gasteiger partial charge on any atom is -0.466 e. The van der Waals surface area contributed by atoms with E-state index in [1.165, 1.54) is 0 Å². The third kappa shape index (κ3) is 4.18. The van der Waals surface area contributed by atoms with Crippen LogP contribution in [0.25, 0.3) is 0 Å². The largest absolute Gasteiger partial charge is 0.466 e. The summed E-state index contributed by atoms with van der Waals surface area (Å²) in [6, 6.07) is 0. The third-order valence-electron chi connectivity index (χ3n) is 3.06. The number of hydrogen-bond donors (Lipinski definition) is 1. The molecule has 1 fully saturated rings. The first-order valence-electron chi connectivity index (χ1n) is 5.71. The average molecular weight is 254 g/mol. The monoisotopic (exact) mass is 254 g/mol. The van der Waals surface area contributed by atoms with Crippen LogP contribution in [-0.4, -0.2) is 29.5 Å². The van der Waals surface area contributed by atoms with Crippen molar-refractivity contribution < 1.29 is 27.8 Å². The topological polar surface area (TPSA) is 46.5 Å². The predicted octanol–water partition coefficient (Wildman–Crippen LogP) is 2.42. The molecule has 1 saturated carbocycles. The molecule has 0 saturated heterocycles. The Hall–Kier alpha value is -0.780. The highest BCUT2D eigenvalue weighted by molar-refractivity contribution is 5.70. The normalized spacial score (nSPS) is 30.1. The summed E-state index contributed by atoms with van der Waals surface area (Å²) in [5, 5.41) is 10.0. The van der Waals surface area contributed by atoms with E-state index in [0.717, 1.165) is 0 Å². The van der Waals surface area contributed by atoms with Crippen molar-refractivity contribution >= 4 is 5.97 Å². The molecule has 0 radical (unpaired) electrons. The molecule has 17 heavy (non-hydrogen) atoms. The van der Waals surface area contributed by atoms with E-state index >= 15 is 0 Å². The van der Waals surface area contributed by atoms with Gasteiger partial charge in [-0.1, -0.05) is 0 Å². The zero-order valence-corrected chi connectivity index (χ0v) is 9.72. The van der Waals surface area contributed by atoms with Gasteiger partial charge in [0.05, 0.1) is 24.5 Å². The standard InChI is InChI=1S/C11H17F3O3/c1-2-17-9(15)7-10(16)5-3-4-8(6-10)11(12,13)14/h8,16H,2-7H2,1H3. The maximum absolute atomic E-state index is 12.5. The van der Waals surface area contributed by atoms with E-state index in [1.807, 2.05) is 0 Å². The smallest absolute Gasteiger partial charge is 0.391 e. The van der Waals surface area contributed by atoms with Crippen molar-refractivity contribution in [3.63, 3.8) is 0 Å². The Morgan fingerprint density at radius 3 is 2.71 bits per heavy atom. The van der Waals surface area contributed by atoms with E-state index < -0.39 is 30.1 Å². The number of rotatable bonds is 3. The molecule has 0 aromatic heterocycles. The van der Waals surface area contributed by atoms with Gasteiger partial charge in [0, 0.05) is 0 Å². The average Bonchev–Trinajstić information content (AvgIpc) is 2.15. The quantitative estimate of drug-likeness (QED) is 0.787. The molecule has 1 aliphatic rings. The number of carbonyl (C=O) groups is 1. The Bertz CT molecular complexity index is 278. The third-order valence-corrected chi connectivity index (χ3v) is 3.06. The van der Waals surface area contributed by atoms with Gasteiger partial charge in [-0.05, 0) is 32.6 Å². The molecular formula is C11H17F3O3. The second-order valence-corrected chi connectivity index (χ2v) is 4.54. The molecule has 0 bridgehead atoms. The summed E-state index contributed by atoms with van der Waals surface area (Å²) in [4.78, 5) is 11.2. The van der Waals surface area contributed by atoms with Crippen molar-refractivity contribution in [3.05, 3.63) is 0 Å². The Balaban J connectivity index is 2.60. The van der Waals surface area contributed by atoms with Crippen LogP contribution in [0, 0.1) is 5.92 Å². The number of halogens is 3. The fourth-order valence-corrected chi connectivity index (χ4v) is 2.26. The number of aliphatic hydroxyl groups is 1. The lowest BCUT2D eigenvalue weighted by molar-refractivity contribution is -0.203. The highest BCUT2D eigenvalue weighted by Gasteiger charge is 2.47. The minimum atomic E-state index is -4.30. The lowest BCUT2D eigenvalue weighted by Crippen LogP contribution is -2.42. The zero-order valence-electron chi connectivity index (χ0n) is 9.72. The van der Waals surface area contributed by atoms with Crippen molar-refractivity contribution in [1.82, 2.24) is 0 Å². The van der Waals surface area contributed by atoms with E-state index in [0.29, 0.717) is 0 Å². The molecule has 1 rings (SSSR count). The summed E-state index contributed by atoms with van der Waals surface area (Å²) in [5.74, 6) is -2.16. The first-order valence-corrected chi connectivity index (χ1v) is 5.71. The Kier molecular flexibility index (Phi) is 4.41. The van der Waals surface area contributed by atoms with Gasteiger partial charge in [-0.2, -0.15) is 13.2 Å². The Labute approximate surface area is 97.9 Å². The van der Waals surface area contributed by atoms with Crippen molar-refractivity contribution in [3.8, 4) is 0 Å². The summed E-state index contributed by atoms with van der Waals surface area (Å²) in [5.41, 5.74) is -1.56. The van der Waals surface area contributed by atoms with E-state index in [1.54, 1.807) is 6.92 Å². The van der Waals surface area contributed by atoms with Crippen LogP contribution in [0.2, 0.25) is 0 Å². The van der Waals surface area contributed by atoms with Gasteiger partial charge in [0.15, 0.2) is 0 Å². The molecule has 100 valence electrons. The van der Waals surface area contributed by atoms with Gasteiger partial charge in [-0.3, -0.25) is 4.79 Å². The Morgan fingerprint density at radius 2 is 2.18 bits per heavy atom. The summed E-state index contributed by atoms with van der Waals surface area (Å²) in [6.07, 6.45) is -4.54. The van der Waals surface area contributed by atoms with Crippen LogP contribution in [-0.2, 0) is 9.53 Å². The fourth-order valence-electron chi connectivity index (χ4n) is 2.26. The number of esters is 1. The number of ether oxygens (including phenoxy) is 1. The van der Waals surface area contributed by atoms with Gasteiger partial charge in [-0.15, -0.1) is 0 Å². The van der Waals surface area contributed by atoms with Crippen LogP contribution < -0.4 is 0 Å². The van der Waals surface area contributed by atoms with Crippen LogP contribution in [0.5, 0.6) is 0 Å². The SMILES string of the molecule is CCOC(=O)CC1(O)CCCC(C(F)(F)F)C1. The zero-order chi connectivity index (χ0) is 13.1. The second-order valence-electron chi connectivity index (χ2n) is 4.54.